The van der Waals surface area contributed by atoms with Crippen LogP contribution in [0.2, 0.25) is 0 Å². The number of aliphatic carboxylic acids is 1. The van der Waals surface area contributed by atoms with E-state index in [-0.39, 0.29) is 12.8 Å². The van der Waals surface area contributed by atoms with Crippen LogP contribution in [0, 0.1) is 6.92 Å². The van der Waals surface area contributed by atoms with E-state index in [1.54, 1.807) is 31.2 Å². The summed E-state index contributed by atoms with van der Waals surface area (Å²) in [6.07, 6.45) is -0.449. The predicted molar refractivity (Wildman–Crippen MR) is 63.7 cm³/mol. The van der Waals surface area contributed by atoms with E-state index < -0.39 is 17.8 Å². The molecule has 0 saturated carbocycles. The zero-order valence-electron chi connectivity index (χ0n) is 9.90. The Morgan fingerprint density at radius 2 is 1.78 bits per heavy atom. The molecule has 0 spiro atoms. The van der Waals surface area contributed by atoms with Crippen molar-refractivity contribution in [1.29, 1.82) is 0 Å². The van der Waals surface area contributed by atoms with Crippen LogP contribution in [-0.2, 0) is 9.59 Å². The van der Waals surface area contributed by atoms with E-state index in [1.165, 1.54) is 0 Å². The van der Waals surface area contributed by atoms with Crippen LogP contribution in [0.1, 0.15) is 28.8 Å². The summed E-state index contributed by atoms with van der Waals surface area (Å²) in [5.74, 6) is -2.04. The third kappa shape index (κ3) is 4.25. The minimum atomic E-state index is -1.06. The van der Waals surface area contributed by atoms with Crippen LogP contribution in [0.4, 0.5) is 0 Å². The summed E-state index contributed by atoms with van der Waals surface area (Å²) in [5, 5.41) is 8.39. The Kier molecular flexibility index (Phi) is 4.86. The topological polar surface area (TPSA) is 95.5 Å². The molecule has 0 aliphatic carbocycles. The fourth-order valence-corrected chi connectivity index (χ4v) is 1.30. The molecule has 0 saturated heterocycles. The number of aryl methyl sites for hydroxylation is 1. The first-order valence-electron chi connectivity index (χ1n) is 5.37. The molecule has 0 fully saturated rings. The Labute approximate surface area is 104 Å². The first kappa shape index (κ1) is 13.7. The van der Waals surface area contributed by atoms with E-state index in [9.17, 15) is 14.4 Å². The summed E-state index contributed by atoms with van der Waals surface area (Å²) in [6.45, 7) is 1.78. The third-order valence-electron chi connectivity index (χ3n) is 2.27. The summed E-state index contributed by atoms with van der Waals surface area (Å²) < 4.78 is 0. The van der Waals surface area contributed by atoms with Gasteiger partial charge < -0.3 is 5.11 Å². The lowest BCUT2D eigenvalue weighted by atomic mass is 10.1. The number of hydrogen-bond donors (Lipinski definition) is 3. The monoisotopic (exact) mass is 250 g/mol. The van der Waals surface area contributed by atoms with Gasteiger partial charge in [-0.15, -0.1) is 0 Å². The number of benzene rings is 1. The van der Waals surface area contributed by atoms with Crippen LogP contribution in [0.5, 0.6) is 0 Å². The van der Waals surface area contributed by atoms with Crippen molar-refractivity contribution in [3.8, 4) is 0 Å². The Balaban J connectivity index is 2.45. The van der Waals surface area contributed by atoms with E-state index in [2.05, 4.69) is 10.9 Å². The average Bonchev–Trinajstić information content (AvgIpc) is 2.34. The molecule has 6 nitrogen and oxygen atoms in total. The number of hydrazine groups is 1. The number of hydrogen-bond acceptors (Lipinski definition) is 3. The second kappa shape index (κ2) is 6.39. The number of nitrogens with one attached hydrogen (secondary N) is 2. The Bertz CT molecular complexity index is 471. The molecule has 1 aromatic rings. The Morgan fingerprint density at radius 1 is 1.11 bits per heavy atom. The molecule has 2 amide bonds. The summed E-state index contributed by atoms with van der Waals surface area (Å²) in [7, 11) is 0. The molecular formula is C12H14N2O4. The standard InChI is InChI=1S/C12H14N2O4/c1-8-4-2-3-5-9(8)12(18)14-13-10(15)6-7-11(16)17/h2-5H,6-7H2,1H3,(H,13,15)(H,14,18)(H,16,17). The van der Waals surface area contributed by atoms with Crippen molar-refractivity contribution in [3.05, 3.63) is 35.4 Å². The van der Waals surface area contributed by atoms with Crippen molar-refractivity contribution in [1.82, 2.24) is 10.9 Å². The summed E-state index contributed by atoms with van der Waals surface area (Å²) >= 11 is 0. The molecule has 0 atom stereocenters. The summed E-state index contributed by atoms with van der Waals surface area (Å²) in [5.41, 5.74) is 5.64. The molecule has 6 heteroatoms. The van der Waals surface area contributed by atoms with E-state index in [0.717, 1.165) is 5.56 Å². The van der Waals surface area contributed by atoms with Gasteiger partial charge in [0.1, 0.15) is 0 Å². The van der Waals surface area contributed by atoms with Crippen LogP contribution in [0.15, 0.2) is 24.3 Å². The number of rotatable bonds is 4. The average molecular weight is 250 g/mol. The largest absolute Gasteiger partial charge is 0.481 e. The molecule has 0 aliphatic rings. The highest BCUT2D eigenvalue weighted by Gasteiger charge is 2.10. The minimum Gasteiger partial charge on any atom is -0.481 e. The van der Waals surface area contributed by atoms with E-state index >= 15 is 0 Å². The lowest BCUT2D eigenvalue weighted by molar-refractivity contribution is -0.138. The maximum absolute atomic E-state index is 11.7. The van der Waals surface area contributed by atoms with Gasteiger partial charge in [-0.05, 0) is 18.6 Å². The molecule has 1 aromatic carbocycles. The fourth-order valence-electron chi connectivity index (χ4n) is 1.30. The van der Waals surface area contributed by atoms with Crippen molar-refractivity contribution < 1.29 is 19.5 Å². The fraction of sp³-hybridized carbons (Fsp3) is 0.250. The zero-order chi connectivity index (χ0) is 13.5. The van der Waals surface area contributed by atoms with Crippen molar-refractivity contribution in [2.75, 3.05) is 0 Å². The van der Waals surface area contributed by atoms with Gasteiger partial charge in [0.15, 0.2) is 0 Å². The van der Waals surface area contributed by atoms with Gasteiger partial charge in [-0.2, -0.15) is 0 Å². The van der Waals surface area contributed by atoms with Crippen LogP contribution >= 0.6 is 0 Å². The quantitative estimate of drug-likeness (QED) is 0.682. The number of carboxylic acids is 1. The first-order chi connectivity index (χ1) is 8.50. The Morgan fingerprint density at radius 3 is 2.39 bits per heavy atom. The molecule has 96 valence electrons. The van der Waals surface area contributed by atoms with E-state index in [4.69, 9.17) is 5.11 Å². The maximum atomic E-state index is 11.7. The van der Waals surface area contributed by atoms with Crippen molar-refractivity contribution in [3.63, 3.8) is 0 Å². The van der Waals surface area contributed by atoms with Gasteiger partial charge in [0.25, 0.3) is 5.91 Å². The SMILES string of the molecule is Cc1ccccc1C(=O)NNC(=O)CCC(=O)O. The first-order valence-corrected chi connectivity index (χ1v) is 5.37. The molecule has 18 heavy (non-hydrogen) atoms. The Hall–Kier alpha value is -2.37. The van der Waals surface area contributed by atoms with E-state index in [1.807, 2.05) is 0 Å². The molecule has 0 aromatic heterocycles. The number of carbonyl (C=O) groups excluding carboxylic acids is 2. The highest BCUT2D eigenvalue weighted by molar-refractivity contribution is 5.96. The van der Waals surface area contributed by atoms with Crippen LogP contribution < -0.4 is 10.9 Å². The van der Waals surface area contributed by atoms with Crippen LogP contribution in [0.3, 0.4) is 0 Å². The number of carboxylic acid groups (broad SMARTS) is 1. The van der Waals surface area contributed by atoms with Crippen molar-refractivity contribution in [2.24, 2.45) is 0 Å². The van der Waals surface area contributed by atoms with Crippen LogP contribution in [-0.4, -0.2) is 22.9 Å². The molecule has 0 radical (unpaired) electrons. The number of amides is 2. The molecule has 1 rings (SSSR count). The van der Waals surface area contributed by atoms with Crippen LogP contribution in [0.25, 0.3) is 0 Å². The van der Waals surface area contributed by atoms with E-state index in [0.29, 0.717) is 5.56 Å². The van der Waals surface area contributed by atoms with Gasteiger partial charge >= 0.3 is 5.97 Å². The summed E-state index contributed by atoms with van der Waals surface area (Å²) in [6, 6.07) is 6.93. The van der Waals surface area contributed by atoms with Crippen molar-refractivity contribution in [2.45, 2.75) is 19.8 Å². The molecule has 0 unspecified atom stereocenters. The molecular weight excluding hydrogens is 236 g/mol. The minimum absolute atomic E-state index is 0.177. The number of carbonyl (C=O) groups is 3. The van der Waals surface area contributed by atoms with Gasteiger partial charge in [0.05, 0.1) is 6.42 Å². The molecule has 0 bridgehead atoms. The lowest BCUT2D eigenvalue weighted by Crippen LogP contribution is -2.41. The normalized spacial score (nSPS) is 9.61. The lowest BCUT2D eigenvalue weighted by Gasteiger charge is -2.08. The summed E-state index contributed by atoms with van der Waals surface area (Å²) in [4.78, 5) is 33.1. The van der Waals surface area contributed by atoms with Gasteiger partial charge in [-0.3, -0.25) is 25.2 Å². The molecule has 0 aliphatic heterocycles. The smallest absolute Gasteiger partial charge is 0.303 e. The maximum Gasteiger partial charge on any atom is 0.303 e. The molecule has 3 N–H and O–H groups in total. The molecule has 0 heterocycles. The van der Waals surface area contributed by atoms with Gasteiger partial charge in [0, 0.05) is 12.0 Å². The van der Waals surface area contributed by atoms with Crippen molar-refractivity contribution >= 4 is 17.8 Å². The van der Waals surface area contributed by atoms with Gasteiger partial charge in [-0.25, -0.2) is 0 Å². The predicted octanol–water partition coefficient (Wildman–Crippen LogP) is 0.621. The highest BCUT2D eigenvalue weighted by Crippen LogP contribution is 2.05. The van der Waals surface area contributed by atoms with Gasteiger partial charge in [0.2, 0.25) is 5.91 Å². The highest BCUT2D eigenvalue weighted by atomic mass is 16.4. The zero-order valence-corrected chi connectivity index (χ0v) is 9.90. The third-order valence-corrected chi connectivity index (χ3v) is 2.27. The second-order valence-electron chi connectivity index (χ2n) is 3.71. The van der Waals surface area contributed by atoms with Gasteiger partial charge in [-0.1, -0.05) is 18.2 Å². The second-order valence-corrected chi connectivity index (χ2v) is 3.71.